The molecule has 2 aliphatic rings. The largest absolute Gasteiger partial charge is 0.377 e. The molecule has 1 aliphatic heterocycles. The Morgan fingerprint density at radius 1 is 1.09 bits per heavy atom. The minimum atomic E-state index is 0.469. The van der Waals surface area contributed by atoms with Crippen molar-refractivity contribution in [3.8, 4) is 0 Å². The van der Waals surface area contributed by atoms with Gasteiger partial charge in [0, 0.05) is 30.4 Å². The second-order valence-corrected chi connectivity index (χ2v) is 6.53. The van der Waals surface area contributed by atoms with Gasteiger partial charge in [0.15, 0.2) is 0 Å². The Kier molecular flexibility index (Phi) is 3.14. The first kappa shape index (κ1) is 13.7. The van der Waals surface area contributed by atoms with Gasteiger partial charge in [-0.25, -0.2) is 0 Å². The molecule has 0 spiro atoms. The lowest BCUT2D eigenvalue weighted by Gasteiger charge is -2.23. The highest BCUT2D eigenvalue weighted by molar-refractivity contribution is 5.72. The third-order valence-electron chi connectivity index (χ3n) is 5.41. The van der Waals surface area contributed by atoms with Gasteiger partial charge < -0.3 is 10.2 Å². The first-order valence-corrected chi connectivity index (χ1v) is 8.46. The fraction of sp³-hybridized carbons (Fsp3) is 0.400. The molecule has 0 saturated carbocycles. The average molecular weight is 292 g/mol. The van der Waals surface area contributed by atoms with Gasteiger partial charge in [0.25, 0.3) is 0 Å². The smallest absolute Gasteiger partial charge is 0.0589 e. The van der Waals surface area contributed by atoms with Crippen LogP contribution in [-0.2, 0) is 6.42 Å². The maximum absolute atomic E-state index is 3.80. The molecule has 0 unspecified atom stereocenters. The van der Waals surface area contributed by atoms with Crippen LogP contribution in [0.4, 0.5) is 11.4 Å². The van der Waals surface area contributed by atoms with Crippen LogP contribution in [0.1, 0.15) is 48.1 Å². The van der Waals surface area contributed by atoms with E-state index in [0.29, 0.717) is 12.0 Å². The standard InChI is InChI=1S/C20H24N2/c1-4-22(5-2)15-10-13(3)19-18(12-15)17-11-14-8-6-7-9-16(14)20(17)21-19/h6-10,12,17,20-21H,4-5,11H2,1-3H3/t17-,20-/m0/s1. The molecule has 114 valence electrons. The van der Waals surface area contributed by atoms with Gasteiger partial charge in [0.1, 0.15) is 0 Å². The number of hydrogen-bond acceptors (Lipinski definition) is 2. The van der Waals surface area contributed by atoms with Gasteiger partial charge in [-0.3, -0.25) is 0 Å². The van der Waals surface area contributed by atoms with Gasteiger partial charge >= 0.3 is 0 Å². The van der Waals surface area contributed by atoms with Gasteiger partial charge in [-0.1, -0.05) is 24.3 Å². The molecule has 0 bridgehead atoms. The van der Waals surface area contributed by atoms with Crippen molar-refractivity contribution in [3.63, 3.8) is 0 Å². The van der Waals surface area contributed by atoms with Crippen molar-refractivity contribution >= 4 is 11.4 Å². The third-order valence-corrected chi connectivity index (χ3v) is 5.41. The summed E-state index contributed by atoms with van der Waals surface area (Å²) in [4.78, 5) is 2.45. The summed E-state index contributed by atoms with van der Waals surface area (Å²) in [5, 5.41) is 3.80. The normalized spacial score (nSPS) is 21.0. The molecule has 0 radical (unpaired) electrons. The van der Waals surface area contributed by atoms with Crippen LogP contribution >= 0.6 is 0 Å². The predicted octanol–water partition coefficient (Wildman–Crippen LogP) is 4.65. The van der Waals surface area contributed by atoms with Crippen molar-refractivity contribution in [2.45, 2.75) is 39.2 Å². The molecular formula is C20H24N2. The van der Waals surface area contributed by atoms with E-state index in [1.54, 1.807) is 0 Å². The van der Waals surface area contributed by atoms with E-state index in [4.69, 9.17) is 0 Å². The molecule has 0 fully saturated rings. The molecule has 2 nitrogen and oxygen atoms in total. The summed E-state index contributed by atoms with van der Waals surface area (Å²) >= 11 is 0. The fourth-order valence-electron chi connectivity index (χ4n) is 4.27. The lowest BCUT2D eigenvalue weighted by atomic mass is 9.94. The molecule has 1 N–H and O–H groups in total. The zero-order valence-electron chi connectivity index (χ0n) is 13.7. The molecule has 2 heteroatoms. The summed E-state index contributed by atoms with van der Waals surface area (Å²) in [5.74, 6) is 0.599. The van der Waals surface area contributed by atoms with Crippen molar-refractivity contribution in [1.29, 1.82) is 0 Å². The van der Waals surface area contributed by atoms with E-state index in [0.717, 1.165) is 13.1 Å². The van der Waals surface area contributed by atoms with Crippen LogP contribution in [0.5, 0.6) is 0 Å². The lowest BCUT2D eigenvalue weighted by molar-refractivity contribution is 0.677. The van der Waals surface area contributed by atoms with Crippen LogP contribution in [0.3, 0.4) is 0 Å². The Morgan fingerprint density at radius 3 is 2.64 bits per heavy atom. The van der Waals surface area contributed by atoms with Gasteiger partial charge in [0.2, 0.25) is 0 Å². The Morgan fingerprint density at radius 2 is 1.86 bits per heavy atom. The number of benzene rings is 2. The van der Waals surface area contributed by atoms with Gasteiger partial charge in [-0.2, -0.15) is 0 Å². The maximum Gasteiger partial charge on any atom is 0.0589 e. The van der Waals surface area contributed by atoms with E-state index in [9.17, 15) is 0 Å². The molecule has 0 amide bonds. The quantitative estimate of drug-likeness (QED) is 0.886. The Hall–Kier alpha value is -1.96. The Labute approximate surface area is 133 Å². The van der Waals surface area contributed by atoms with Crippen LogP contribution in [0.15, 0.2) is 36.4 Å². The fourth-order valence-corrected chi connectivity index (χ4v) is 4.27. The van der Waals surface area contributed by atoms with Crippen molar-refractivity contribution < 1.29 is 0 Å². The highest BCUT2D eigenvalue weighted by Gasteiger charge is 2.40. The molecule has 2 aromatic rings. The number of aryl methyl sites for hydroxylation is 1. The van der Waals surface area contributed by atoms with Crippen LogP contribution in [0.2, 0.25) is 0 Å². The number of fused-ring (bicyclic) bond motifs is 5. The molecule has 0 aromatic heterocycles. The van der Waals surface area contributed by atoms with Crippen molar-refractivity contribution in [2.75, 3.05) is 23.3 Å². The summed E-state index contributed by atoms with van der Waals surface area (Å²) in [6, 6.07) is 14.1. The number of nitrogens with one attached hydrogen (secondary N) is 1. The zero-order valence-corrected chi connectivity index (χ0v) is 13.7. The molecule has 1 heterocycles. The van der Waals surface area contributed by atoms with E-state index in [-0.39, 0.29) is 0 Å². The molecule has 22 heavy (non-hydrogen) atoms. The third kappa shape index (κ3) is 1.86. The maximum atomic E-state index is 3.80. The van der Waals surface area contributed by atoms with Crippen LogP contribution < -0.4 is 10.2 Å². The van der Waals surface area contributed by atoms with Crippen molar-refractivity contribution in [3.05, 3.63) is 58.7 Å². The van der Waals surface area contributed by atoms with Crippen molar-refractivity contribution in [2.24, 2.45) is 0 Å². The number of nitrogens with zero attached hydrogens (tertiary/aromatic N) is 1. The van der Waals surface area contributed by atoms with E-state index in [1.807, 2.05) is 0 Å². The molecule has 1 aliphatic carbocycles. The SMILES string of the molecule is CCN(CC)c1cc(C)c2c(c1)[C@@H]1Cc3ccccc3[C@@H]1N2. The van der Waals surface area contributed by atoms with E-state index < -0.39 is 0 Å². The monoisotopic (exact) mass is 292 g/mol. The summed E-state index contributed by atoms with van der Waals surface area (Å²) in [5.41, 5.74) is 8.66. The lowest BCUT2D eigenvalue weighted by Crippen LogP contribution is -2.22. The van der Waals surface area contributed by atoms with Crippen LogP contribution in [0.25, 0.3) is 0 Å². The number of anilines is 2. The average Bonchev–Trinajstić information content (AvgIpc) is 3.06. The van der Waals surface area contributed by atoms with Gasteiger partial charge in [-0.15, -0.1) is 0 Å². The van der Waals surface area contributed by atoms with E-state index in [1.165, 1.54) is 40.0 Å². The van der Waals surface area contributed by atoms with Gasteiger partial charge in [0.05, 0.1) is 6.04 Å². The summed E-state index contributed by atoms with van der Waals surface area (Å²) in [7, 11) is 0. The minimum absolute atomic E-state index is 0.469. The van der Waals surface area contributed by atoms with Crippen molar-refractivity contribution in [1.82, 2.24) is 0 Å². The second-order valence-electron chi connectivity index (χ2n) is 6.53. The molecular weight excluding hydrogens is 268 g/mol. The topological polar surface area (TPSA) is 15.3 Å². The predicted molar refractivity (Wildman–Crippen MR) is 94.0 cm³/mol. The van der Waals surface area contributed by atoms with Gasteiger partial charge in [-0.05, 0) is 61.6 Å². The number of rotatable bonds is 3. The Balaban J connectivity index is 1.77. The summed E-state index contributed by atoms with van der Waals surface area (Å²) in [6.07, 6.45) is 1.17. The molecule has 2 atom stereocenters. The summed E-state index contributed by atoms with van der Waals surface area (Å²) < 4.78 is 0. The van der Waals surface area contributed by atoms with E-state index in [2.05, 4.69) is 67.4 Å². The highest BCUT2D eigenvalue weighted by atomic mass is 15.1. The van der Waals surface area contributed by atoms with E-state index >= 15 is 0 Å². The highest BCUT2D eigenvalue weighted by Crippen LogP contribution is 2.53. The van der Waals surface area contributed by atoms with Crippen LogP contribution in [0, 0.1) is 6.92 Å². The minimum Gasteiger partial charge on any atom is -0.377 e. The zero-order chi connectivity index (χ0) is 15.3. The molecule has 0 saturated heterocycles. The first-order valence-electron chi connectivity index (χ1n) is 8.46. The number of hydrogen-bond donors (Lipinski definition) is 1. The second kappa shape index (κ2) is 5.05. The Bertz CT molecular complexity index is 716. The molecule has 4 rings (SSSR count). The first-order chi connectivity index (χ1) is 10.7. The summed E-state index contributed by atoms with van der Waals surface area (Å²) in [6.45, 7) is 8.84. The van der Waals surface area contributed by atoms with Crippen LogP contribution in [-0.4, -0.2) is 13.1 Å². The molecule has 2 aromatic carbocycles.